The minimum absolute atomic E-state index is 0.00581. The molecule has 0 aromatic rings. The monoisotopic (exact) mass is 418 g/mol. The van der Waals surface area contributed by atoms with Crippen molar-refractivity contribution < 1.29 is 35.1 Å². The summed E-state index contributed by atoms with van der Waals surface area (Å²) in [5.74, 6) is -0.912. The van der Waals surface area contributed by atoms with Gasteiger partial charge in [0.25, 0.3) is 0 Å². The zero-order valence-electron chi connectivity index (χ0n) is 17.7. The van der Waals surface area contributed by atoms with Gasteiger partial charge in [0.05, 0.1) is 6.10 Å². The Hall–Kier alpha value is -1.83. The second kappa shape index (κ2) is 7.11. The SMILES string of the molecule is C[C@]12C=CC(=O)C=C1CC[C@@H]1[C@@H]2[C@H](O)C[C@]2(C)[C@@H]1CC[C@]2(O)C(=O)COC(=O)C[NH3+]. The molecule has 4 aliphatic carbocycles. The highest BCUT2D eigenvalue weighted by Crippen LogP contribution is 2.67. The fourth-order valence-electron chi connectivity index (χ4n) is 7.13. The lowest BCUT2D eigenvalue weighted by Gasteiger charge is -2.59. The van der Waals surface area contributed by atoms with Crippen molar-refractivity contribution in [2.75, 3.05) is 13.2 Å². The molecule has 0 radical (unpaired) electrons. The van der Waals surface area contributed by atoms with E-state index in [2.05, 4.69) is 12.7 Å². The molecular formula is C23H32NO6+. The second-order valence-corrected chi connectivity index (χ2v) is 9.94. The molecule has 0 aromatic heterocycles. The molecule has 164 valence electrons. The highest BCUT2D eigenvalue weighted by molar-refractivity contribution is 6.01. The number of fused-ring (bicyclic) bond motifs is 5. The molecular weight excluding hydrogens is 386 g/mol. The van der Waals surface area contributed by atoms with Crippen molar-refractivity contribution in [2.45, 2.75) is 57.7 Å². The fraction of sp³-hybridized carbons (Fsp3) is 0.696. The van der Waals surface area contributed by atoms with Crippen LogP contribution in [0.3, 0.4) is 0 Å². The molecule has 4 rings (SSSR count). The average molecular weight is 419 g/mol. The van der Waals surface area contributed by atoms with Crippen molar-refractivity contribution >= 4 is 17.5 Å². The van der Waals surface area contributed by atoms with Gasteiger partial charge in [-0.1, -0.05) is 25.5 Å². The van der Waals surface area contributed by atoms with Crippen LogP contribution in [0.25, 0.3) is 0 Å². The third-order valence-corrected chi connectivity index (χ3v) is 8.68. The van der Waals surface area contributed by atoms with Crippen LogP contribution in [0.2, 0.25) is 0 Å². The normalized spacial score (nSPS) is 44.6. The molecule has 0 spiro atoms. The van der Waals surface area contributed by atoms with Gasteiger partial charge >= 0.3 is 5.97 Å². The number of rotatable bonds is 4. The third-order valence-electron chi connectivity index (χ3n) is 8.68. The lowest BCUT2D eigenvalue weighted by atomic mass is 9.46. The lowest BCUT2D eigenvalue weighted by molar-refractivity contribution is -0.359. The number of hydrogen-bond acceptors (Lipinski definition) is 6. The zero-order chi connectivity index (χ0) is 21.9. The van der Waals surface area contributed by atoms with Gasteiger partial charge in [-0.15, -0.1) is 0 Å². The third kappa shape index (κ3) is 2.86. The average Bonchev–Trinajstić information content (AvgIpc) is 2.97. The Morgan fingerprint density at radius 2 is 2.03 bits per heavy atom. The van der Waals surface area contributed by atoms with Gasteiger partial charge in [-0.25, -0.2) is 4.79 Å². The molecule has 0 aliphatic heterocycles. The van der Waals surface area contributed by atoms with Crippen LogP contribution >= 0.6 is 0 Å². The Labute approximate surface area is 176 Å². The largest absolute Gasteiger partial charge is 0.453 e. The molecule has 0 saturated heterocycles. The van der Waals surface area contributed by atoms with Crippen molar-refractivity contribution in [2.24, 2.45) is 28.6 Å². The first-order chi connectivity index (χ1) is 14.1. The molecule has 0 bridgehead atoms. The Morgan fingerprint density at radius 3 is 2.73 bits per heavy atom. The number of carbonyl (C=O) groups is 3. The first-order valence-electron chi connectivity index (χ1n) is 10.9. The summed E-state index contributed by atoms with van der Waals surface area (Å²) in [6.45, 7) is 3.46. The number of quaternary nitrogens is 1. The highest BCUT2D eigenvalue weighted by Gasteiger charge is 2.68. The lowest BCUT2D eigenvalue weighted by Crippen LogP contribution is -2.62. The molecule has 3 fully saturated rings. The van der Waals surface area contributed by atoms with Gasteiger partial charge < -0.3 is 20.7 Å². The minimum atomic E-state index is -1.62. The zero-order valence-corrected chi connectivity index (χ0v) is 17.7. The standard InChI is InChI=1S/C23H31NO6/c1-21-7-5-14(25)9-13(21)3-4-15-16-6-8-23(29,18(27)12-30-19(28)11-24)22(16,2)10-17(26)20(15)21/h5,7,9,15-17,20,26,29H,3-4,6,8,10-12,24H2,1-2H3/p+1/t15-,16+,17+,20+,21-,22+,23-/m0/s1. The van der Waals surface area contributed by atoms with Gasteiger partial charge in [0.2, 0.25) is 5.78 Å². The maximum atomic E-state index is 13.0. The van der Waals surface area contributed by atoms with E-state index < -0.39 is 35.5 Å². The highest BCUT2D eigenvalue weighted by atomic mass is 16.5. The van der Waals surface area contributed by atoms with E-state index in [1.807, 2.05) is 13.0 Å². The molecule has 0 unspecified atom stereocenters. The van der Waals surface area contributed by atoms with E-state index in [-0.39, 0.29) is 35.5 Å². The van der Waals surface area contributed by atoms with E-state index in [0.29, 0.717) is 19.3 Å². The quantitative estimate of drug-likeness (QED) is 0.565. The van der Waals surface area contributed by atoms with Crippen molar-refractivity contribution in [1.29, 1.82) is 0 Å². The van der Waals surface area contributed by atoms with Crippen molar-refractivity contribution in [3.63, 3.8) is 0 Å². The van der Waals surface area contributed by atoms with Crippen LogP contribution in [0.15, 0.2) is 23.8 Å². The first kappa shape index (κ1) is 21.4. The van der Waals surface area contributed by atoms with Crippen LogP contribution < -0.4 is 5.73 Å². The molecule has 0 heterocycles. The van der Waals surface area contributed by atoms with Crippen molar-refractivity contribution in [3.05, 3.63) is 23.8 Å². The predicted molar refractivity (Wildman–Crippen MR) is 107 cm³/mol. The molecule has 7 nitrogen and oxygen atoms in total. The summed E-state index contributed by atoms with van der Waals surface area (Å²) in [6.07, 6.45) is 7.44. The van der Waals surface area contributed by atoms with E-state index >= 15 is 0 Å². The summed E-state index contributed by atoms with van der Waals surface area (Å²) in [4.78, 5) is 36.3. The van der Waals surface area contributed by atoms with Crippen molar-refractivity contribution in [1.82, 2.24) is 0 Å². The van der Waals surface area contributed by atoms with Crippen LogP contribution in [-0.4, -0.2) is 52.6 Å². The summed E-state index contributed by atoms with van der Waals surface area (Å²) < 4.78 is 4.96. The summed E-state index contributed by atoms with van der Waals surface area (Å²) in [5.41, 5.74) is 1.72. The Kier molecular flexibility index (Phi) is 5.07. The Balaban J connectivity index is 1.63. The number of aliphatic hydroxyl groups is 2. The number of esters is 1. The Morgan fingerprint density at radius 1 is 1.30 bits per heavy atom. The summed E-state index contributed by atoms with van der Waals surface area (Å²) in [5, 5.41) is 22.8. The van der Waals surface area contributed by atoms with Gasteiger partial charge in [-0.2, -0.15) is 0 Å². The minimum Gasteiger partial charge on any atom is -0.453 e. The predicted octanol–water partition coefficient (Wildman–Crippen LogP) is 0.350. The number of aliphatic hydroxyl groups excluding tert-OH is 1. The number of carbonyl (C=O) groups excluding carboxylic acids is 3. The van der Waals surface area contributed by atoms with Gasteiger partial charge in [0.15, 0.2) is 18.9 Å². The molecule has 0 aromatic carbocycles. The molecule has 30 heavy (non-hydrogen) atoms. The topological polar surface area (TPSA) is 129 Å². The number of ketones is 2. The number of hydrogen-bond donors (Lipinski definition) is 3. The van der Waals surface area contributed by atoms with Crippen LogP contribution in [0, 0.1) is 28.6 Å². The van der Waals surface area contributed by atoms with Gasteiger partial charge in [0.1, 0.15) is 5.60 Å². The molecule has 3 saturated carbocycles. The fourth-order valence-corrected chi connectivity index (χ4v) is 7.13. The molecule has 4 aliphatic rings. The number of ether oxygens (including phenoxy) is 1. The summed E-state index contributed by atoms with van der Waals surface area (Å²) in [6, 6.07) is 0. The molecule has 5 N–H and O–H groups in total. The maximum absolute atomic E-state index is 13.0. The van der Waals surface area contributed by atoms with Gasteiger partial charge in [-0.3, -0.25) is 9.59 Å². The van der Waals surface area contributed by atoms with Crippen LogP contribution in [0.5, 0.6) is 0 Å². The van der Waals surface area contributed by atoms with Crippen LogP contribution in [0.1, 0.15) is 46.0 Å². The van der Waals surface area contributed by atoms with Crippen LogP contribution in [0.4, 0.5) is 0 Å². The molecule has 7 heteroatoms. The Bertz CT molecular complexity index is 849. The second-order valence-electron chi connectivity index (χ2n) is 9.94. The van der Waals surface area contributed by atoms with E-state index in [9.17, 15) is 24.6 Å². The molecule has 0 amide bonds. The van der Waals surface area contributed by atoms with E-state index in [0.717, 1.165) is 18.4 Å². The summed E-state index contributed by atoms with van der Waals surface area (Å²) >= 11 is 0. The summed E-state index contributed by atoms with van der Waals surface area (Å²) in [7, 11) is 0. The van der Waals surface area contributed by atoms with E-state index in [1.165, 1.54) is 0 Å². The number of Topliss-reactive ketones (excluding diaryl/α,β-unsaturated/α-hetero) is 1. The van der Waals surface area contributed by atoms with Crippen molar-refractivity contribution in [3.8, 4) is 0 Å². The first-order valence-corrected chi connectivity index (χ1v) is 10.9. The van der Waals surface area contributed by atoms with E-state index in [1.54, 1.807) is 12.2 Å². The van der Waals surface area contributed by atoms with Crippen LogP contribution in [-0.2, 0) is 19.1 Å². The van der Waals surface area contributed by atoms with Gasteiger partial charge in [-0.05, 0) is 56.1 Å². The smallest absolute Gasteiger partial charge is 0.361 e. The van der Waals surface area contributed by atoms with E-state index in [4.69, 9.17) is 4.74 Å². The maximum Gasteiger partial charge on any atom is 0.361 e. The molecule has 7 atom stereocenters. The number of allylic oxidation sites excluding steroid dienone is 4. The van der Waals surface area contributed by atoms with Gasteiger partial charge in [0, 0.05) is 16.7 Å².